The van der Waals surface area contributed by atoms with Crippen LogP contribution >= 0.6 is 46.4 Å². The standard InChI is InChI=1S/C5H8Cl4/c6-2-1-4(8)5(9)3-7/h4-5H,1-3H2. The average Bonchev–Trinajstić information content (AvgIpc) is 1.87. The summed E-state index contributed by atoms with van der Waals surface area (Å²) in [7, 11) is 0. The van der Waals surface area contributed by atoms with E-state index in [9.17, 15) is 0 Å². The molecular weight excluding hydrogens is 202 g/mol. The van der Waals surface area contributed by atoms with Crippen LogP contribution in [0, 0.1) is 0 Å². The average molecular weight is 210 g/mol. The summed E-state index contributed by atoms with van der Waals surface area (Å²) in [6.45, 7) is 0. The van der Waals surface area contributed by atoms with Crippen molar-refractivity contribution < 1.29 is 0 Å². The zero-order chi connectivity index (χ0) is 7.28. The SMILES string of the molecule is ClCCC(Cl)C(Cl)CCl. The van der Waals surface area contributed by atoms with Crippen molar-refractivity contribution in [1.82, 2.24) is 0 Å². The van der Waals surface area contributed by atoms with Crippen LogP contribution in [0.4, 0.5) is 0 Å². The lowest BCUT2D eigenvalue weighted by atomic mass is 10.2. The van der Waals surface area contributed by atoms with Crippen molar-refractivity contribution in [3.63, 3.8) is 0 Å². The molecule has 0 rings (SSSR count). The summed E-state index contributed by atoms with van der Waals surface area (Å²) < 4.78 is 0. The lowest BCUT2D eigenvalue weighted by Gasteiger charge is -2.10. The van der Waals surface area contributed by atoms with E-state index in [0.29, 0.717) is 18.2 Å². The highest BCUT2D eigenvalue weighted by atomic mass is 35.5. The molecule has 0 nitrogen and oxygen atoms in total. The largest absolute Gasteiger partial charge is 0.127 e. The van der Waals surface area contributed by atoms with Gasteiger partial charge >= 0.3 is 0 Å². The molecule has 0 radical (unpaired) electrons. The van der Waals surface area contributed by atoms with Gasteiger partial charge in [-0.25, -0.2) is 0 Å². The molecule has 0 aliphatic rings. The number of hydrogen-bond donors (Lipinski definition) is 0. The molecule has 2 atom stereocenters. The quantitative estimate of drug-likeness (QED) is 0.625. The van der Waals surface area contributed by atoms with Gasteiger partial charge in [0.1, 0.15) is 0 Å². The normalized spacial score (nSPS) is 17.3. The molecule has 2 unspecified atom stereocenters. The molecule has 56 valence electrons. The van der Waals surface area contributed by atoms with E-state index in [4.69, 9.17) is 46.4 Å². The molecule has 0 aromatic heterocycles. The third kappa shape index (κ3) is 4.55. The van der Waals surface area contributed by atoms with Gasteiger partial charge in [-0.1, -0.05) is 0 Å². The van der Waals surface area contributed by atoms with Crippen LogP contribution in [0.1, 0.15) is 6.42 Å². The van der Waals surface area contributed by atoms with Crippen molar-refractivity contribution in [3.05, 3.63) is 0 Å². The van der Waals surface area contributed by atoms with Gasteiger partial charge in [0.15, 0.2) is 0 Å². The number of alkyl halides is 4. The first kappa shape index (κ1) is 10.2. The van der Waals surface area contributed by atoms with Crippen LogP contribution in [0.3, 0.4) is 0 Å². The van der Waals surface area contributed by atoms with E-state index in [2.05, 4.69) is 0 Å². The van der Waals surface area contributed by atoms with E-state index in [0.717, 1.165) is 0 Å². The summed E-state index contributed by atoms with van der Waals surface area (Å²) in [6, 6.07) is 0. The summed E-state index contributed by atoms with van der Waals surface area (Å²) in [5.74, 6) is 0.918. The molecule has 4 heteroatoms. The summed E-state index contributed by atoms with van der Waals surface area (Å²) in [5.41, 5.74) is 0. The van der Waals surface area contributed by atoms with E-state index in [1.807, 2.05) is 0 Å². The van der Waals surface area contributed by atoms with Gasteiger partial charge in [-0.15, -0.1) is 46.4 Å². The van der Waals surface area contributed by atoms with E-state index < -0.39 is 0 Å². The van der Waals surface area contributed by atoms with E-state index >= 15 is 0 Å². The topological polar surface area (TPSA) is 0 Å². The van der Waals surface area contributed by atoms with Crippen molar-refractivity contribution in [1.29, 1.82) is 0 Å². The first-order chi connectivity index (χ1) is 4.22. The predicted octanol–water partition coefficient (Wildman–Crippen LogP) is 3.07. The Labute approximate surface area is 75.4 Å². The van der Waals surface area contributed by atoms with Crippen LogP contribution in [-0.2, 0) is 0 Å². The molecule has 0 saturated carbocycles. The Kier molecular flexibility index (Phi) is 6.67. The Hall–Kier alpha value is 1.16. The minimum absolute atomic E-state index is 0.0957. The van der Waals surface area contributed by atoms with Gasteiger partial charge in [-0.2, -0.15) is 0 Å². The van der Waals surface area contributed by atoms with Crippen LogP contribution in [0.15, 0.2) is 0 Å². The lowest BCUT2D eigenvalue weighted by Crippen LogP contribution is -2.16. The van der Waals surface area contributed by atoms with Crippen LogP contribution < -0.4 is 0 Å². The smallest absolute Gasteiger partial charge is 0.0635 e. The van der Waals surface area contributed by atoms with Crippen LogP contribution in [0.25, 0.3) is 0 Å². The molecule has 0 bridgehead atoms. The lowest BCUT2D eigenvalue weighted by molar-refractivity contribution is 0.798. The fraction of sp³-hybridized carbons (Fsp3) is 1.00. The van der Waals surface area contributed by atoms with Crippen LogP contribution in [0.5, 0.6) is 0 Å². The highest BCUT2D eigenvalue weighted by Crippen LogP contribution is 2.15. The zero-order valence-corrected chi connectivity index (χ0v) is 7.81. The molecule has 0 aromatic rings. The van der Waals surface area contributed by atoms with E-state index in [-0.39, 0.29) is 10.8 Å². The first-order valence-corrected chi connectivity index (χ1v) is 4.56. The van der Waals surface area contributed by atoms with Gasteiger partial charge < -0.3 is 0 Å². The second kappa shape index (κ2) is 5.91. The molecule has 9 heavy (non-hydrogen) atoms. The molecule has 0 heterocycles. The molecule has 0 N–H and O–H groups in total. The minimum Gasteiger partial charge on any atom is -0.127 e. The Morgan fingerprint density at radius 2 is 1.56 bits per heavy atom. The van der Waals surface area contributed by atoms with E-state index in [1.54, 1.807) is 0 Å². The van der Waals surface area contributed by atoms with Crippen molar-refractivity contribution in [2.24, 2.45) is 0 Å². The minimum atomic E-state index is -0.160. The highest BCUT2D eigenvalue weighted by Gasteiger charge is 2.13. The fourth-order valence-electron chi connectivity index (χ4n) is 0.382. The van der Waals surface area contributed by atoms with Crippen molar-refractivity contribution in [3.8, 4) is 0 Å². The molecule has 0 aliphatic heterocycles. The molecule has 0 fully saturated rings. The number of hydrogen-bond acceptors (Lipinski definition) is 0. The predicted molar refractivity (Wildman–Crippen MR) is 45.3 cm³/mol. The van der Waals surface area contributed by atoms with Crippen molar-refractivity contribution in [2.45, 2.75) is 17.2 Å². The van der Waals surface area contributed by atoms with Gasteiger partial charge in [-0.3, -0.25) is 0 Å². The zero-order valence-electron chi connectivity index (χ0n) is 4.79. The molecule has 0 saturated heterocycles. The van der Waals surface area contributed by atoms with Gasteiger partial charge in [0.05, 0.1) is 10.8 Å². The summed E-state index contributed by atoms with van der Waals surface area (Å²) in [4.78, 5) is 0. The van der Waals surface area contributed by atoms with Gasteiger partial charge in [0.25, 0.3) is 0 Å². The van der Waals surface area contributed by atoms with Gasteiger partial charge in [0, 0.05) is 11.8 Å². The Bertz CT molecular complexity index is 66.0. The van der Waals surface area contributed by atoms with Crippen LogP contribution in [-0.4, -0.2) is 22.5 Å². The molecule has 0 aliphatic carbocycles. The third-order valence-electron chi connectivity index (χ3n) is 0.925. The molecule has 0 amide bonds. The fourth-order valence-corrected chi connectivity index (χ4v) is 1.36. The maximum absolute atomic E-state index is 5.73. The summed E-state index contributed by atoms with van der Waals surface area (Å²) >= 11 is 22.2. The van der Waals surface area contributed by atoms with Crippen molar-refractivity contribution >= 4 is 46.4 Å². The second-order valence-electron chi connectivity index (χ2n) is 1.66. The van der Waals surface area contributed by atoms with Crippen LogP contribution in [0.2, 0.25) is 0 Å². The molecule has 0 aromatic carbocycles. The monoisotopic (exact) mass is 208 g/mol. The van der Waals surface area contributed by atoms with Crippen molar-refractivity contribution in [2.75, 3.05) is 11.8 Å². The Balaban J connectivity index is 3.32. The third-order valence-corrected chi connectivity index (χ3v) is 2.74. The number of halogens is 4. The maximum Gasteiger partial charge on any atom is 0.0635 e. The van der Waals surface area contributed by atoms with Gasteiger partial charge in [0.2, 0.25) is 0 Å². The molecule has 0 spiro atoms. The van der Waals surface area contributed by atoms with Gasteiger partial charge in [-0.05, 0) is 6.42 Å². The van der Waals surface area contributed by atoms with E-state index in [1.165, 1.54) is 0 Å². The maximum atomic E-state index is 5.73. The Morgan fingerprint density at radius 1 is 1.00 bits per heavy atom. The summed E-state index contributed by atoms with van der Waals surface area (Å²) in [5, 5.41) is -0.256. The summed E-state index contributed by atoms with van der Waals surface area (Å²) in [6.07, 6.45) is 0.712. The first-order valence-electron chi connectivity index (χ1n) is 2.62. The highest BCUT2D eigenvalue weighted by molar-refractivity contribution is 6.34. The second-order valence-corrected chi connectivity index (χ2v) is 3.47. The molecular formula is C5H8Cl4. The Morgan fingerprint density at radius 3 is 1.89 bits per heavy atom. The number of rotatable bonds is 4.